The molecule has 2 aromatic carbocycles. The van der Waals surface area contributed by atoms with Gasteiger partial charge in [0, 0.05) is 25.3 Å². The van der Waals surface area contributed by atoms with Gasteiger partial charge in [0.2, 0.25) is 10.0 Å². The highest BCUT2D eigenvalue weighted by molar-refractivity contribution is 7.89. The summed E-state index contributed by atoms with van der Waals surface area (Å²) in [6, 6.07) is 12.6. The lowest BCUT2D eigenvalue weighted by atomic mass is 10.1. The van der Waals surface area contributed by atoms with E-state index in [1.807, 2.05) is 25.1 Å². The summed E-state index contributed by atoms with van der Waals surface area (Å²) >= 11 is 0. The number of carbonyl (C=O) groups excluding carboxylic acids is 1. The molecule has 6 nitrogen and oxygen atoms in total. The largest absolute Gasteiger partial charge is 0.465 e. The third-order valence-electron chi connectivity index (χ3n) is 4.97. The topological polar surface area (TPSA) is 75.7 Å². The van der Waals surface area contributed by atoms with Gasteiger partial charge in [-0.05, 0) is 55.2 Å². The SMILES string of the molecule is COC(=O)c1cccc(CNc2ccc(C)c(S(=O)(=O)N3CCCCC3)c2)c1. The fourth-order valence-corrected chi connectivity index (χ4v) is 5.13. The molecule has 0 saturated carbocycles. The van der Waals surface area contributed by atoms with E-state index in [1.165, 1.54) is 7.11 Å². The Morgan fingerprint density at radius 3 is 2.57 bits per heavy atom. The Labute approximate surface area is 166 Å². The Morgan fingerprint density at radius 1 is 1.11 bits per heavy atom. The fourth-order valence-electron chi connectivity index (χ4n) is 3.36. The number of methoxy groups -OCH3 is 1. The zero-order valence-corrected chi connectivity index (χ0v) is 17.1. The second-order valence-electron chi connectivity index (χ2n) is 6.99. The predicted molar refractivity (Wildman–Crippen MR) is 109 cm³/mol. The number of hydrogen-bond donors (Lipinski definition) is 1. The minimum atomic E-state index is -3.49. The zero-order chi connectivity index (χ0) is 20.1. The van der Waals surface area contributed by atoms with Gasteiger partial charge in [-0.3, -0.25) is 0 Å². The Hall–Kier alpha value is -2.38. The molecule has 0 radical (unpaired) electrons. The molecule has 0 aromatic heterocycles. The van der Waals surface area contributed by atoms with E-state index in [2.05, 4.69) is 5.32 Å². The van der Waals surface area contributed by atoms with Gasteiger partial charge in [0.1, 0.15) is 0 Å². The van der Waals surface area contributed by atoms with Crippen molar-refractivity contribution in [1.29, 1.82) is 0 Å². The zero-order valence-electron chi connectivity index (χ0n) is 16.3. The molecule has 0 aliphatic carbocycles. The maximum Gasteiger partial charge on any atom is 0.337 e. The van der Waals surface area contributed by atoms with Crippen molar-refractivity contribution in [1.82, 2.24) is 4.31 Å². The summed E-state index contributed by atoms with van der Waals surface area (Å²) in [7, 11) is -2.14. The van der Waals surface area contributed by atoms with Crippen molar-refractivity contribution in [2.75, 3.05) is 25.5 Å². The fraction of sp³-hybridized carbons (Fsp3) is 0.381. The molecule has 0 atom stereocenters. The van der Waals surface area contributed by atoms with E-state index < -0.39 is 10.0 Å². The van der Waals surface area contributed by atoms with Crippen molar-refractivity contribution in [3.8, 4) is 0 Å². The molecule has 28 heavy (non-hydrogen) atoms. The number of piperidine rings is 1. The predicted octanol–water partition coefficient (Wildman–Crippen LogP) is 3.57. The van der Waals surface area contributed by atoms with Crippen LogP contribution >= 0.6 is 0 Å². The Morgan fingerprint density at radius 2 is 1.86 bits per heavy atom. The molecule has 0 bridgehead atoms. The average Bonchev–Trinajstić information content (AvgIpc) is 2.73. The van der Waals surface area contributed by atoms with E-state index in [9.17, 15) is 13.2 Å². The second-order valence-corrected chi connectivity index (χ2v) is 8.90. The van der Waals surface area contributed by atoms with Crippen LogP contribution in [-0.4, -0.2) is 38.9 Å². The molecular weight excluding hydrogens is 376 g/mol. The highest BCUT2D eigenvalue weighted by atomic mass is 32.2. The first-order valence-corrected chi connectivity index (χ1v) is 10.9. The molecule has 0 unspecified atom stereocenters. The van der Waals surface area contributed by atoms with Crippen LogP contribution in [0, 0.1) is 6.92 Å². The number of hydrogen-bond acceptors (Lipinski definition) is 5. The number of rotatable bonds is 6. The van der Waals surface area contributed by atoms with Gasteiger partial charge in [0.15, 0.2) is 0 Å². The van der Waals surface area contributed by atoms with Crippen LogP contribution in [-0.2, 0) is 21.3 Å². The van der Waals surface area contributed by atoms with Crippen LogP contribution < -0.4 is 5.32 Å². The number of nitrogens with zero attached hydrogens (tertiary/aromatic N) is 1. The van der Waals surface area contributed by atoms with Gasteiger partial charge >= 0.3 is 5.97 Å². The maximum atomic E-state index is 13.0. The molecule has 1 aliphatic heterocycles. The highest BCUT2D eigenvalue weighted by Crippen LogP contribution is 2.26. The van der Waals surface area contributed by atoms with Crippen molar-refractivity contribution < 1.29 is 17.9 Å². The van der Waals surface area contributed by atoms with Gasteiger partial charge in [-0.2, -0.15) is 4.31 Å². The number of nitrogens with one attached hydrogen (secondary N) is 1. The van der Waals surface area contributed by atoms with Gasteiger partial charge in [-0.25, -0.2) is 13.2 Å². The molecule has 0 spiro atoms. The number of sulfonamides is 1. The molecule has 3 rings (SSSR count). The molecule has 1 heterocycles. The first kappa shape index (κ1) is 20.4. The molecule has 1 saturated heterocycles. The third-order valence-corrected chi connectivity index (χ3v) is 7.01. The van der Waals surface area contributed by atoms with Crippen LogP contribution in [0.15, 0.2) is 47.4 Å². The molecule has 2 aromatic rings. The number of ether oxygens (including phenoxy) is 1. The maximum absolute atomic E-state index is 13.0. The van der Waals surface area contributed by atoms with Crippen molar-refractivity contribution in [3.05, 3.63) is 59.2 Å². The average molecular weight is 403 g/mol. The lowest BCUT2D eigenvalue weighted by Gasteiger charge is -2.26. The number of benzene rings is 2. The standard InChI is InChI=1S/C21H26N2O4S/c1-16-9-10-19(14-20(16)28(25,26)23-11-4-3-5-12-23)22-15-17-7-6-8-18(13-17)21(24)27-2/h6-10,13-14,22H,3-5,11-12,15H2,1-2H3. The smallest absolute Gasteiger partial charge is 0.337 e. The summed E-state index contributed by atoms with van der Waals surface area (Å²) in [6.45, 7) is 3.46. The van der Waals surface area contributed by atoms with Crippen LogP contribution in [0.4, 0.5) is 5.69 Å². The quantitative estimate of drug-likeness (QED) is 0.748. The van der Waals surface area contributed by atoms with Crippen molar-refractivity contribution in [2.45, 2.75) is 37.6 Å². The summed E-state index contributed by atoms with van der Waals surface area (Å²) in [4.78, 5) is 12.0. The Bertz CT molecular complexity index is 951. The molecular formula is C21H26N2O4S. The highest BCUT2D eigenvalue weighted by Gasteiger charge is 2.27. The summed E-state index contributed by atoms with van der Waals surface area (Å²) in [5.41, 5.74) is 2.86. The van der Waals surface area contributed by atoms with E-state index in [4.69, 9.17) is 4.74 Å². The lowest BCUT2D eigenvalue weighted by molar-refractivity contribution is 0.0600. The van der Waals surface area contributed by atoms with Crippen molar-refractivity contribution in [2.24, 2.45) is 0 Å². The summed E-state index contributed by atoms with van der Waals surface area (Å²) < 4.78 is 32.4. The van der Waals surface area contributed by atoms with Crippen molar-refractivity contribution in [3.63, 3.8) is 0 Å². The monoisotopic (exact) mass is 402 g/mol. The minimum absolute atomic E-state index is 0.350. The lowest BCUT2D eigenvalue weighted by Crippen LogP contribution is -2.36. The van der Waals surface area contributed by atoms with Crippen molar-refractivity contribution >= 4 is 21.7 Å². The number of aryl methyl sites for hydroxylation is 1. The molecule has 150 valence electrons. The van der Waals surface area contributed by atoms with Gasteiger partial charge in [-0.15, -0.1) is 0 Å². The molecule has 1 fully saturated rings. The number of anilines is 1. The number of esters is 1. The van der Waals surface area contributed by atoms with Gasteiger partial charge in [0.05, 0.1) is 17.6 Å². The summed E-state index contributed by atoms with van der Waals surface area (Å²) in [5, 5.41) is 3.25. The molecule has 7 heteroatoms. The van der Waals surface area contributed by atoms with Crippen LogP contribution in [0.3, 0.4) is 0 Å². The normalized spacial score (nSPS) is 15.2. The van der Waals surface area contributed by atoms with Crippen LogP contribution in [0.1, 0.15) is 40.7 Å². The van der Waals surface area contributed by atoms with Gasteiger partial charge < -0.3 is 10.1 Å². The van der Waals surface area contributed by atoms with Crippen LogP contribution in [0.25, 0.3) is 0 Å². The molecule has 1 N–H and O–H groups in total. The first-order valence-electron chi connectivity index (χ1n) is 9.44. The Balaban J connectivity index is 1.77. The summed E-state index contributed by atoms with van der Waals surface area (Å²) in [5.74, 6) is -0.382. The van der Waals surface area contributed by atoms with E-state index in [1.54, 1.807) is 28.6 Å². The molecule has 0 amide bonds. The van der Waals surface area contributed by atoms with E-state index >= 15 is 0 Å². The number of carbonyl (C=O) groups is 1. The van der Waals surface area contributed by atoms with Gasteiger partial charge in [0.25, 0.3) is 0 Å². The van der Waals surface area contributed by atoms with E-state index in [-0.39, 0.29) is 5.97 Å². The van der Waals surface area contributed by atoms with E-state index in [0.717, 1.165) is 36.1 Å². The summed E-state index contributed by atoms with van der Waals surface area (Å²) in [6.07, 6.45) is 2.90. The van der Waals surface area contributed by atoms with Crippen LogP contribution in [0.5, 0.6) is 0 Å². The minimum Gasteiger partial charge on any atom is -0.465 e. The van der Waals surface area contributed by atoms with Crippen LogP contribution in [0.2, 0.25) is 0 Å². The van der Waals surface area contributed by atoms with E-state index in [0.29, 0.717) is 30.1 Å². The molecule has 1 aliphatic rings. The first-order chi connectivity index (χ1) is 13.4. The third kappa shape index (κ3) is 4.54. The Kier molecular flexibility index (Phi) is 6.36. The van der Waals surface area contributed by atoms with Gasteiger partial charge in [-0.1, -0.05) is 24.6 Å². The second kappa shape index (κ2) is 8.75.